The zero-order chi connectivity index (χ0) is 27.2. The van der Waals surface area contributed by atoms with Gasteiger partial charge in [-0.15, -0.1) is 0 Å². The second-order valence-corrected chi connectivity index (χ2v) is 10.8. The van der Waals surface area contributed by atoms with Crippen LogP contribution >= 0.6 is 23.2 Å². The molecule has 0 aromatic heterocycles. The Morgan fingerprint density at radius 3 is 2.22 bits per heavy atom. The predicted molar refractivity (Wildman–Crippen MR) is 143 cm³/mol. The molecule has 0 aliphatic carbocycles. The number of sulfonamides is 1. The number of amides is 2. The van der Waals surface area contributed by atoms with Gasteiger partial charge in [0.1, 0.15) is 18.4 Å². The monoisotopic (exact) mass is 565 g/mol. The summed E-state index contributed by atoms with van der Waals surface area (Å²) in [6.45, 7) is 1.04. The van der Waals surface area contributed by atoms with Gasteiger partial charge in [0.15, 0.2) is 0 Å². The van der Waals surface area contributed by atoms with Crippen LogP contribution in [0.1, 0.15) is 18.9 Å². The van der Waals surface area contributed by atoms with Gasteiger partial charge in [0.2, 0.25) is 11.8 Å². The molecule has 3 aromatic rings. The summed E-state index contributed by atoms with van der Waals surface area (Å²) < 4.78 is 42.0. The molecule has 0 radical (unpaired) electrons. The third kappa shape index (κ3) is 6.60. The van der Waals surface area contributed by atoms with E-state index in [1.54, 1.807) is 49.4 Å². The molecule has 0 fully saturated rings. The Kier molecular flexibility index (Phi) is 9.53. The highest BCUT2D eigenvalue weighted by Gasteiger charge is 2.33. The van der Waals surface area contributed by atoms with Crippen LogP contribution in [0.4, 0.5) is 10.1 Å². The first-order chi connectivity index (χ1) is 17.6. The summed E-state index contributed by atoms with van der Waals surface area (Å²) in [5, 5.41) is 2.64. The Bertz CT molecular complexity index is 1370. The van der Waals surface area contributed by atoms with Crippen LogP contribution in [0, 0.1) is 5.82 Å². The van der Waals surface area contributed by atoms with E-state index >= 15 is 0 Å². The van der Waals surface area contributed by atoms with E-state index in [9.17, 15) is 22.4 Å². The van der Waals surface area contributed by atoms with Crippen molar-refractivity contribution in [1.82, 2.24) is 10.2 Å². The first-order valence-corrected chi connectivity index (χ1v) is 13.6. The maximum atomic E-state index is 13.9. The number of carbonyl (C=O) groups is 2. The lowest BCUT2D eigenvalue weighted by molar-refractivity contribution is -0.140. The minimum Gasteiger partial charge on any atom is -0.357 e. The second kappa shape index (κ2) is 12.4. The molecule has 3 aromatic carbocycles. The fourth-order valence-electron chi connectivity index (χ4n) is 3.78. The van der Waals surface area contributed by atoms with Gasteiger partial charge in [-0.1, -0.05) is 66.5 Å². The van der Waals surface area contributed by atoms with Gasteiger partial charge in [-0.3, -0.25) is 13.9 Å². The number of carbonyl (C=O) groups excluding carboxylic acids is 2. The van der Waals surface area contributed by atoms with Crippen LogP contribution in [0.15, 0.2) is 77.7 Å². The Balaban J connectivity index is 2.09. The van der Waals surface area contributed by atoms with Crippen molar-refractivity contribution < 1.29 is 22.4 Å². The van der Waals surface area contributed by atoms with Gasteiger partial charge >= 0.3 is 0 Å². The first kappa shape index (κ1) is 28.4. The average molecular weight is 566 g/mol. The molecule has 0 spiro atoms. The number of hydrogen-bond donors (Lipinski definition) is 1. The van der Waals surface area contributed by atoms with E-state index in [4.69, 9.17) is 23.2 Å². The number of rotatable bonds is 10. The second-order valence-electron chi connectivity index (χ2n) is 8.07. The van der Waals surface area contributed by atoms with Crippen LogP contribution < -0.4 is 9.62 Å². The Morgan fingerprint density at radius 1 is 0.973 bits per heavy atom. The van der Waals surface area contributed by atoms with E-state index in [-0.39, 0.29) is 28.6 Å². The van der Waals surface area contributed by atoms with Crippen LogP contribution in [0.2, 0.25) is 10.0 Å². The molecule has 1 unspecified atom stereocenters. The van der Waals surface area contributed by atoms with Gasteiger partial charge in [-0.25, -0.2) is 12.8 Å². The number of hydrogen-bond acceptors (Lipinski definition) is 4. The summed E-state index contributed by atoms with van der Waals surface area (Å²) in [6.07, 6.45) is 0.268. The molecule has 0 saturated carbocycles. The number of nitrogens with zero attached hydrogens (tertiary/aromatic N) is 2. The Morgan fingerprint density at radius 2 is 1.62 bits per heavy atom. The highest BCUT2D eigenvalue weighted by molar-refractivity contribution is 7.92. The van der Waals surface area contributed by atoms with E-state index in [0.29, 0.717) is 10.6 Å². The molecule has 0 heterocycles. The molecule has 37 heavy (non-hydrogen) atoms. The number of likely N-dealkylation sites (N-methyl/N-ethyl adjacent to an activating group) is 1. The van der Waals surface area contributed by atoms with E-state index in [0.717, 1.165) is 16.4 Å². The van der Waals surface area contributed by atoms with Crippen molar-refractivity contribution in [3.05, 3.63) is 94.2 Å². The lowest BCUT2D eigenvalue weighted by atomic mass is 10.1. The summed E-state index contributed by atoms with van der Waals surface area (Å²) in [6, 6.07) is 16.9. The number of benzene rings is 3. The van der Waals surface area contributed by atoms with Gasteiger partial charge in [0.25, 0.3) is 10.0 Å². The average Bonchev–Trinajstić information content (AvgIpc) is 2.90. The third-order valence-corrected chi connectivity index (χ3v) is 8.18. The number of anilines is 1. The quantitative estimate of drug-likeness (QED) is 0.379. The zero-order valence-corrected chi connectivity index (χ0v) is 22.5. The fourth-order valence-corrected chi connectivity index (χ4v) is 5.58. The summed E-state index contributed by atoms with van der Waals surface area (Å²) in [4.78, 5) is 27.7. The molecule has 0 bridgehead atoms. The molecule has 0 aliphatic rings. The van der Waals surface area contributed by atoms with Crippen molar-refractivity contribution >= 4 is 50.7 Å². The summed E-state index contributed by atoms with van der Waals surface area (Å²) in [5.41, 5.74) is 0.580. The van der Waals surface area contributed by atoms with Crippen molar-refractivity contribution in [1.29, 1.82) is 0 Å². The highest BCUT2D eigenvalue weighted by Crippen LogP contribution is 2.28. The summed E-state index contributed by atoms with van der Waals surface area (Å²) >= 11 is 12.3. The van der Waals surface area contributed by atoms with Crippen LogP contribution in [0.3, 0.4) is 0 Å². The predicted octanol–water partition coefficient (Wildman–Crippen LogP) is 4.88. The Labute approximate surface area is 225 Å². The fraction of sp³-hybridized carbons (Fsp3) is 0.231. The minimum atomic E-state index is -4.27. The normalized spacial score (nSPS) is 12.0. The van der Waals surface area contributed by atoms with E-state index in [1.807, 2.05) is 0 Å². The van der Waals surface area contributed by atoms with Crippen molar-refractivity contribution in [3.63, 3.8) is 0 Å². The largest absolute Gasteiger partial charge is 0.357 e. The molecule has 11 heteroatoms. The molecule has 1 N–H and O–H groups in total. The summed E-state index contributed by atoms with van der Waals surface area (Å²) in [7, 11) is -2.82. The molecule has 196 valence electrons. The highest BCUT2D eigenvalue weighted by atomic mass is 35.5. The van der Waals surface area contributed by atoms with Crippen LogP contribution in [-0.2, 0) is 26.2 Å². The lowest BCUT2D eigenvalue weighted by Gasteiger charge is -2.33. The van der Waals surface area contributed by atoms with Gasteiger partial charge in [0.05, 0.1) is 15.6 Å². The van der Waals surface area contributed by atoms with Gasteiger partial charge in [0, 0.05) is 18.6 Å². The lowest BCUT2D eigenvalue weighted by Crippen LogP contribution is -2.51. The molecule has 0 aliphatic heterocycles. The van der Waals surface area contributed by atoms with Gasteiger partial charge in [-0.05, 0) is 48.4 Å². The first-order valence-electron chi connectivity index (χ1n) is 11.4. The molecule has 2 amide bonds. The SMILES string of the molecule is CCC(C(=O)NC)N(Cc1ccccc1Cl)C(=O)CN(c1ccc(F)c(Cl)c1)S(=O)(=O)c1ccccc1. The molecule has 3 rings (SSSR count). The van der Waals surface area contributed by atoms with E-state index in [2.05, 4.69) is 5.32 Å². The molecular formula is C26H26Cl2FN3O4S. The third-order valence-electron chi connectivity index (χ3n) is 5.73. The van der Waals surface area contributed by atoms with Crippen LogP contribution in [-0.4, -0.2) is 44.8 Å². The molecular weight excluding hydrogens is 540 g/mol. The van der Waals surface area contributed by atoms with Crippen molar-refractivity contribution in [2.24, 2.45) is 0 Å². The standard InChI is InChI=1S/C26H26Cl2FN3O4S/c1-3-24(26(34)30-2)31(16-18-9-7-8-12-21(18)27)25(33)17-32(19-13-14-23(29)22(28)15-19)37(35,36)20-10-5-4-6-11-20/h4-15,24H,3,16-17H2,1-2H3,(H,30,34). The maximum Gasteiger partial charge on any atom is 0.264 e. The maximum absolute atomic E-state index is 13.9. The number of nitrogens with one attached hydrogen (secondary N) is 1. The van der Waals surface area contributed by atoms with Crippen molar-refractivity contribution in [2.75, 3.05) is 17.9 Å². The van der Waals surface area contributed by atoms with Crippen LogP contribution in [0.25, 0.3) is 0 Å². The topological polar surface area (TPSA) is 86.8 Å². The van der Waals surface area contributed by atoms with Crippen molar-refractivity contribution in [3.8, 4) is 0 Å². The van der Waals surface area contributed by atoms with E-state index < -0.39 is 40.2 Å². The molecule has 7 nitrogen and oxygen atoms in total. The molecule has 1 atom stereocenters. The van der Waals surface area contributed by atoms with Crippen molar-refractivity contribution in [2.45, 2.75) is 30.8 Å². The molecule has 0 saturated heterocycles. The van der Waals surface area contributed by atoms with E-state index in [1.165, 1.54) is 30.1 Å². The van der Waals surface area contributed by atoms with Gasteiger partial charge in [-0.2, -0.15) is 0 Å². The number of halogens is 3. The summed E-state index contributed by atoms with van der Waals surface area (Å²) in [5.74, 6) is -1.81. The smallest absolute Gasteiger partial charge is 0.264 e. The minimum absolute atomic E-state index is 0.00529. The zero-order valence-electron chi connectivity index (χ0n) is 20.2. The van der Waals surface area contributed by atoms with Crippen LogP contribution in [0.5, 0.6) is 0 Å². The Hall–Kier alpha value is -3.14. The van der Waals surface area contributed by atoms with Gasteiger partial charge < -0.3 is 10.2 Å².